The molecule has 0 bridgehead atoms. The Kier molecular flexibility index (Phi) is 8.13. The third kappa shape index (κ3) is 6.51. The molecule has 0 saturated heterocycles. The molecular formula is C22H23ClFNO. The molecule has 0 radical (unpaired) electrons. The first-order valence-electron chi connectivity index (χ1n) is 8.50. The van der Waals surface area contributed by atoms with E-state index in [0.29, 0.717) is 6.61 Å². The zero-order valence-electron chi connectivity index (χ0n) is 14.5. The van der Waals surface area contributed by atoms with Gasteiger partial charge in [0.2, 0.25) is 0 Å². The Hall–Kier alpha value is -2.36. The van der Waals surface area contributed by atoms with Crippen molar-refractivity contribution in [3.8, 4) is 5.75 Å². The molecule has 136 valence electrons. The second kappa shape index (κ2) is 10.6. The smallest absolute Gasteiger partial charge is 0.123 e. The van der Waals surface area contributed by atoms with Gasteiger partial charge in [0.15, 0.2) is 0 Å². The molecular weight excluding hydrogens is 349 g/mol. The summed E-state index contributed by atoms with van der Waals surface area (Å²) in [5.74, 6) is 0.685. The topological polar surface area (TPSA) is 21.3 Å². The van der Waals surface area contributed by atoms with Gasteiger partial charge in [0.1, 0.15) is 18.2 Å². The van der Waals surface area contributed by atoms with E-state index < -0.39 is 0 Å². The highest BCUT2D eigenvalue weighted by atomic mass is 35.5. The molecule has 0 amide bonds. The van der Waals surface area contributed by atoms with E-state index in [1.165, 1.54) is 17.7 Å². The van der Waals surface area contributed by atoms with E-state index in [1.54, 1.807) is 0 Å². The van der Waals surface area contributed by atoms with Crippen LogP contribution in [0.2, 0.25) is 0 Å². The maximum absolute atomic E-state index is 12.9. The van der Waals surface area contributed by atoms with Gasteiger partial charge in [-0.25, -0.2) is 4.39 Å². The molecule has 0 aliphatic rings. The molecule has 0 fully saturated rings. The van der Waals surface area contributed by atoms with Gasteiger partial charge in [0.25, 0.3) is 0 Å². The monoisotopic (exact) mass is 371 g/mol. The van der Waals surface area contributed by atoms with Crippen molar-refractivity contribution >= 4 is 12.4 Å². The molecule has 3 aromatic rings. The van der Waals surface area contributed by atoms with Crippen LogP contribution in [-0.2, 0) is 19.6 Å². The first-order chi connectivity index (χ1) is 12.3. The third-order valence-corrected chi connectivity index (χ3v) is 4.00. The summed E-state index contributed by atoms with van der Waals surface area (Å²) in [6, 6.07) is 25.0. The molecule has 0 spiro atoms. The second-order valence-corrected chi connectivity index (χ2v) is 5.97. The Labute approximate surface area is 160 Å². The molecule has 0 unspecified atom stereocenters. The zero-order chi connectivity index (χ0) is 17.3. The average Bonchev–Trinajstić information content (AvgIpc) is 2.67. The van der Waals surface area contributed by atoms with Gasteiger partial charge >= 0.3 is 0 Å². The Bertz CT molecular complexity index is 760. The van der Waals surface area contributed by atoms with E-state index in [1.807, 2.05) is 42.5 Å². The molecule has 26 heavy (non-hydrogen) atoms. The van der Waals surface area contributed by atoms with Gasteiger partial charge in [-0.3, -0.25) is 0 Å². The number of rotatable bonds is 8. The maximum Gasteiger partial charge on any atom is 0.123 e. The van der Waals surface area contributed by atoms with E-state index in [2.05, 4.69) is 29.6 Å². The van der Waals surface area contributed by atoms with E-state index in [9.17, 15) is 4.39 Å². The molecule has 0 aliphatic heterocycles. The van der Waals surface area contributed by atoms with Crippen molar-refractivity contribution < 1.29 is 9.13 Å². The summed E-state index contributed by atoms with van der Waals surface area (Å²) in [4.78, 5) is 0. The Morgan fingerprint density at radius 1 is 0.731 bits per heavy atom. The number of hydrogen-bond donors (Lipinski definition) is 1. The number of nitrogens with one attached hydrogen (secondary N) is 1. The molecule has 3 aromatic carbocycles. The lowest BCUT2D eigenvalue weighted by Gasteiger charge is -2.08. The van der Waals surface area contributed by atoms with Gasteiger partial charge < -0.3 is 10.1 Å². The van der Waals surface area contributed by atoms with Crippen molar-refractivity contribution in [3.05, 3.63) is 101 Å². The van der Waals surface area contributed by atoms with Crippen molar-refractivity contribution in [1.82, 2.24) is 5.32 Å². The van der Waals surface area contributed by atoms with Crippen LogP contribution in [0.15, 0.2) is 78.9 Å². The van der Waals surface area contributed by atoms with Crippen LogP contribution in [0.25, 0.3) is 0 Å². The highest BCUT2D eigenvalue weighted by Gasteiger charge is 1.98. The Morgan fingerprint density at radius 2 is 1.38 bits per heavy atom. The summed E-state index contributed by atoms with van der Waals surface area (Å²) in [6.07, 6.45) is 0.887. The fourth-order valence-corrected chi connectivity index (χ4v) is 2.56. The largest absolute Gasteiger partial charge is 0.489 e. The van der Waals surface area contributed by atoms with Gasteiger partial charge in [-0.1, -0.05) is 54.6 Å². The highest BCUT2D eigenvalue weighted by molar-refractivity contribution is 5.85. The molecule has 1 N–H and O–H groups in total. The summed E-state index contributed by atoms with van der Waals surface area (Å²) in [6.45, 7) is 2.24. The standard InChI is InChI=1S/C22H22FNO.ClH/c23-21-10-6-18(7-11-21)14-15-24-16-19-8-12-22(13-9-19)25-17-20-4-2-1-3-5-20;/h1-13,24H,14-17H2;1H. The van der Waals surface area contributed by atoms with Crippen LogP contribution in [0.5, 0.6) is 5.75 Å². The minimum absolute atomic E-state index is 0. The van der Waals surface area contributed by atoms with Gasteiger partial charge in [-0.15, -0.1) is 12.4 Å². The van der Waals surface area contributed by atoms with Crippen LogP contribution in [0.1, 0.15) is 16.7 Å². The number of halogens is 2. The molecule has 4 heteroatoms. The van der Waals surface area contributed by atoms with Crippen molar-refractivity contribution in [2.75, 3.05) is 6.54 Å². The van der Waals surface area contributed by atoms with Crippen molar-refractivity contribution in [2.24, 2.45) is 0 Å². The molecule has 0 heterocycles. The predicted octanol–water partition coefficient (Wildman–Crippen LogP) is 5.16. The van der Waals surface area contributed by atoms with E-state index in [4.69, 9.17) is 4.74 Å². The summed E-state index contributed by atoms with van der Waals surface area (Å²) >= 11 is 0. The normalized spacial score (nSPS) is 10.2. The average molecular weight is 372 g/mol. The lowest BCUT2D eigenvalue weighted by molar-refractivity contribution is 0.306. The quantitative estimate of drug-likeness (QED) is 0.552. The van der Waals surface area contributed by atoms with Crippen LogP contribution < -0.4 is 10.1 Å². The van der Waals surface area contributed by atoms with E-state index in [-0.39, 0.29) is 18.2 Å². The molecule has 0 aliphatic carbocycles. The van der Waals surface area contributed by atoms with Crippen LogP contribution in [-0.4, -0.2) is 6.54 Å². The first-order valence-corrected chi connectivity index (χ1v) is 8.50. The Morgan fingerprint density at radius 3 is 2.08 bits per heavy atom. The van der Waals surface area contributed by atoms with E-state index >= 15 is 0 Å². The number of hydrogen-bond acceptors (Lipinski definition) is 2. The molecule has 0 atom stereocenters. The van der Waals surface area contributed by atoms with Crippen LogP contribution >= 0.6 is 12.4 Å². The maximum atomic E-state index is 12.9. The fourth-order valence-electron chi connectivity index (χ4n) is 2.56. The predicted molar refractivity (Wildman–Crippen MR) is 106 cm³/mol. The van der Waals surface area contributed by atoms with Crippen LogP contribution in [0.4, 0.5) is 4.39 Å². The molecule has 3 rings (SSSR count). The van der Waals surface area contributed by atoms with E-state index in [0.717, 1.165) is 36.4 Å². The summed E-state index contributed by atoms with van der Waals surface area (Å²) in [5, 5.41) is 3.41. The third-order valence-electron chi connectivity index (χ3n) is 4.00. The lowest BCUT2D eigenvalue weighted by Crippen LogP contribution is -2.16. The number of ether oxygens (including phenoxy) is 1. The molecule has 0 saturated carbocycles. The van der Waals surface area contributed by atoms with Crippen molar-refractivity contribution in [3.63, 3.8) is 0 Å². The van der Waals surface area contributed by atoms with Gasteiger partial charge in [-0.05, 0) is 53.9 Å². The minimum atomic E-state index is -0.189. The molecule has 0 aromatic heterocycles. The van der Waals surface area contributed by atoms with Crippen LogP contribution in [0.3, 0.4) is 0 Å². The summed E-state index contributed by atoms with van der Waals surface area (Å²) in [7, 11) is 0. The fraction of sp³-hybridized carbons (Fsp3) is 0.182. The lowest BCUT2D eigenvalue weighted by atomic mass is 10.1. The highest BCUT2D eigenvalue weighted by Crippen LogP contribution is 2.14. The Balaban J connectivity index is 0.00000243. The van der Waals surface area contributed by atoms with Crippen LogP contribution in [0, 0.1) is 5.82 Å². The van der Waals surface area contributed by atoms with Crippen molar-refractivity contribution in [1.29, 1.82) is 0 Å². The van der Waals surface area contributed by atoms with Gasteiger partial charge in [0.05, 0.1) is 0 Å². The second-order valence-electron chi connectivity index (χ2n) is 5.97. The summed E-state index contributed by atoms with van der Waals surface area (Å²) in [5.41, 5.74) is 3.51. The zero-order valence-corrected chi connectivity index (χ0v) is 15.3. The minimum Gasteiger partial charge on any atom is -0.489 e. The molecule has 2 nitrogen and oxygen atoms in total. The van der Waals surface area contributed by atoms with Gasteiger partial charge in [-0.2, -0.15) is 0 Å². The SMILES string of the molecule is Cl.Fc1ccc(CCNCc2ccc(OCc3ccccc3)cc2)cc1. The summed E-state index contributed by atoms with van der Waals surface area (Å²) < 4.78 is 18.6. The van der Waals surface area contributed by atoms with Crippen molar-refractivity contribution in [2.45, 2.75) is 19.6 Å². The first kappa shape index (κ1) is 20.0. The number of benzene rings is 3. The van der Waals surface area contributed by atoms with Gasteiger partial charge in [0, 0.05) is 6.54 Å².